The molecule has 134 valence electrons. The lowest BCUT2D eigenvalue weighted by Crippen LogP contribution is -2.29. The third-order valence-electron chi connectivity index (χ3n) is 3.83. The molecule has 0 aliphatic rings. The first kappa shape index (κ1) is 18.1. The number of aliphatic imine (C=N–C) groups is 1. The molecular weight excluding hydrogens is 338 g/mol. The van der Waals surface area contributed by atoms with Gasteiger partial charge in [0.25, 0.3) is 0 Å². The summed E-state index contributed by atoms with van der Waals surface area (Å²) in [7, 11) is 0.200. The highest BCUT2D eigenvalue weighted by Gasteiger charge is 2.19. The molecule has 3 aromatic rings. The van der Waals surface area contributed by atoms with Crippen molar-refractivity contribution in [2.24, 2.45) is 12.0 Å². The summed E-state index contributed by atoms with van der Waals surface area (Å²) in [6.45, 7) is 8.54. The zero-order valence-electron chi connectivity index (χ0n) is 16.0. The Hall–Kier alpha value is -2.66. The molecule has 0 saturated carbocycles. The van der Waals surface area contributed by atoms with Gasteiger partial charge >= 0.3 is 0 Å². The van der Waals surface area contributed by atoms with Crippen LogP contribution in [0.2, 0.25) is 19.6 Å². The van der Waals surface area contributed by atoms with Gasteiger partial charge in [0.05, 0.1) is 11.4 Å². The maximum Gasteiger partial charge on any atom is 0.242 e. The maximum absolute atomic E-state index is 6.25. The summed E-state index contributed by atoms with van der Waals surface area (Å²) in [5, 5.41) is 4.49. The third-order valence-corrected chi connectivity index (χ3v) is 4.66. The van der Waals surface area contributed by atoms with Crippen molar-refractivity contribution in [2.75, 3.05) is 0 Å². The number of aryl methyl sites for hydroxylation is 2. The van der Waals surface area contributed by atoms with Gasteiger partial charge in [0.2, 0.25) is 8.32 Å². The van der Waals surface area contributed by atoms with Crippen LogP contribution in [0.25, 0.3) is 0 Å². The largest absolute Gasteiger partial charge is 0.543 e. The van der Waals surface area contributed by atoms with Gasteiger partial charge in [0.15, 0.2) is 0 Å². The Morgan fingerprint density at radius 3 is 2.27 bits per heavy atom. The summed E-state index contributed by atoms with van der Waals surface area (Å²) in [6, 6.07) is 18.2. The smallest absolute Gasteiger partial charge is 0.242 e. The van der Waals surface area contributed by atoms with E-state index in [0.29, 0.717) is 0 Å². The van der Waals surface area contributed by atoms with Gasteiger partial charge in [-0.2, -0.15) is 5.10 Å². The molecule has 1 heterocycles. The van der Waals surface area contributed by atoms with Crippen LogP contribution in [0.1, 0.15) is 16.8 Å². The fraction of sp³-hybridized carbons (Fsp3) is 0.238. The molecule has 0 saturated heterocycles. The standard InChI is InChI=1S/C21H25N3OSi/c1-16-18(15-24(2)23-16)21(17-11-7-6-8-12-17)22-19-13-9-10-14-20(19)25-26(3,4)5/h6-15H,1-5H3. The lowest BCUT2D eigenvalue weighted by atomic mass is 10.0. The van der Waals surface area contributed by atoms with E-state index >= 15 is 0 Å². The van der Waals surface area contributed by atoms with E-state index in [1.807, 2.05) is 67.3 Å². The Labute approximate surface area is 156 Å². The van der Waals surface area contributed by atoms with Gasteiger partial charge in [-0.15, -0.1) is 0 Å². The van der Waals surface area contributed by atoms with Crippen LogP contribution >= 0.6 is 0 Å². The Bertz CT molecular complexity index is 924. The molecule has 0 atom stereocenters. The number of para-hydroxylation sites is 2. The molecule has 2 aromatic carbocycles. The fourth-order valence-corrected chi connectivity index (χ4v) is 3.63. The van der Waals surface area contributed by atoms with Crippen LogP contribution in [0.3, 0.4) is 0 Å². The zero-order valence-corrected chi connectivity index (χ0v) is 17.0. The number of aromatic nitrogens is 2. The molecule has 0 amide bonds. The summed E-state index contributed by atoms with van der Waals surface area (Å²) in [4.78, 5) is 5.02. The Morgan fingerprint density at radius 2 is 1.65 bits per heavy atom. The topological polar surface area (TPSA) is 39.4 Å². The van der Waals surface area contributed by atoms with E-state index in [1.54, 1.807) is 0 Å². The summed E-state index contributed by atoms with van der Waals surface area (Å²) in [5.41, 5.74) is 4.80. The number of benzene rings is 2. The fourth-order valence-electron chi connectivity index (χ4n) is 2.79. The first-order valence-corrected chi connectivity index (χ1v) is 12.2. The second kappa shape index (κ2) is 7.29. The molecule has 0 bridgehead atoms. The second-order valence-corrected chi connectivity index (χ2v) is 11.7. The average Bonchev–Trinajstić information content (AvgIpc) is 2.91. The van der Waals surface area contributed by atoms with Crippen molar-refractivity contribution in [3.8, 4) is 5.75 Å². The molecular formula is C21H25N3OSi. The Kier molecular flexibility index (Phi) is 5.09. The number of hydrogen-bond donors (Lipinski definition) is 0. The highest BCUT2D eigenvalue weighted by Crippen LogP contribution is 2.31. The molecule has 0 unspecified atom stereocenters. The van der Waals surface area contributed by atoms with Crippen LogP contribution in [0.5, 0.6) is 5.75 Å². The van der Waals surface area contributed by atoms with E-state index in [-0.39, 0.29) is 0 Å². The number of nitrogens with zero attached hydrogens (tertiary/aromatic N) is 3. The van der Waals surface area contributed by atoms with Crippen LogP contribution in [0.4, 0.5) is 5.69 Å². The van der Waals surface area contributed by atoms with Crippen LogP contribution in [-0.2, 0) is 7.05 Å². The SMILES string of the molecule is Cc1nn(C)cc1C(=Nc1ccccc1O[Si](C)(C)C)c1ccccc1. The third kappa shape index (κ3) is 4.29. The quantitative estimate of drug-likeness (QED) is 0.467. The van der Waals surface area contributed by atoms with Gasteiger partial charge in [0, 0.05) is 24.4 Å². The second-order valence-electron chi connectivity index (χ2n) is 7.31. The minimum absolute atomic E-state index is 0.835. The predicted molar refractivity (Wildman–Crippen MR) is 110 cm³/mol. The van der Waals surface area contributed by atoms with Gasteiger partial charge in [0.1, 0.15) is 11.4 Å². The molecule has 0 aliphatic heterocycles. The van der Waals surface area contributed by atoms with Gasteiger partial charge < -0.3 is 4.43 Å². The molecule has 0 N–H and O–H groups in total. The summed E-state index contributed by atoms with van der Waals surface area (Å²) < 4.78 is 8.08. The molecule has 26 heavy (non-hydrogen) atoms. The van der Waals surface area contributed by atoms with Crippen molar-refractivity contribution in [3.05, 3.63) is 77.6 Å². The Morgan fingerprint density at radius 1 is 1.00 bits per heavy atom. The van der Waals surface area contributed by atoms with Crippen LogP contribution in [-0.4, -0.2) is 23.8 Å². The van der Waals surface area contributed by atoms with E-state index in [4.69, 9.17) is 9.42 Å². The molecule has 3 rings (SSSR count). The van der Waals surface area contributed by atoms with Crippen LogP contribution < -0.4 is 4.43 Å². The van der Waals surface area contributed by atoms with Crippen molar-refractivity contribution in [2.45, 2.75) is 26.6 Å². The lowest BCUT2D eigenvalue weighted by molar-refractivity contribution is 0.559. The van der Waals surface area contributed by atoms with E-state index in [0.717, 1.165) is 34.0 Å². The van der Waals surface area contributed by atoms with Gasteiger partial charge in [-0.25, -0.2) is 4.99 Å². The first-order chi connectivity index (χ1) is 12.3. The number of hydrogen-bond acceptors (Lipinski definition) is 3. The van der Waals surface area contributed by atoms with Crippen molar-refractivity contribution in [1.82, 2.24) is 9.78 Å². The van der Waals surface area contributed by atoms with Gasteiger partial charge in [-0.1, -0.05) is 42.5 Å². The molecule has 0 spiro atoms. The van der Waals surface area contributed by atoms with Gasteiger partial charge in [-0.05, 0) is 38.7 Å². The monoisotopic (exact) mass is 363 g/mol. The van der Waals surface area contributed by atoms with Crippen molar-refractivity contribution in [3.63, 3.8) is 0 Å². The summed E-state index contributed by atoms with van der Waals surface area (Å²) in [6.07, 6.45) is 2.02. The van der Waals surface area contributed by atoms with Crippen LogP contribution in [0.15, 0.2) is 65.8 Å². The minimum Gasteiger partial charge on any atom is -0.543 e. The Balaban J connectivity index is 2.16. The van der Waals surface area contributed by atoms with Crippen LogP contribution in [0, 0.1) is 6.92 Å². The van der Waals surface area contributed by atoms with Gasteiger partial charge in [-0.3, -0.25) is 4.68 Å². The first-order valence-electron chi connectivity index (χ1n) is 8.76. The maximum atomic E-state index is 6.25. The average molecular weight is 364 g/mol. The molecule has 0 aliphatic carbocycles. The molecule has 0 radical (unpaired) electrons. The predicted octanol–water partition coefficient (Wildman–Crippen LogP) is 5.11. The summed E-state index contributed by atoms with van der Waals surface area (Å²) >= 11 is 0. The van der Waals surface area contributed by atoms with E-state index in [2.05, 4.69) is 36.9 Å². The minimum atomic E-state index is -1.73. The molecule has 1 aromatic heterocycles. The molecule has 4 nitrogen and oxygen atoms in total. The zero-order chi connectivity index (χ0) is 18.7. The highest BCUT2D eigenvalue weighted by molar-refractivity contribution is 6.70. The summed E-state index contributed by atoms with van der Waals surface area (Å²) in [5.74, 6) is 0.835. The van der Waals surface area contributed by atoms with Crippen molar-refractivity contribution >= 4 is 19.7 Å². The van der Waals surface area contributed by atoms with E-state index in [1.165, 1.54) is 0 Å². The molecule has 5 heteroatoms. The van der Waals surface area contributed by atoms with Crippen molar-refractivity contribution < 1.29 is 4.43 Å². The number of rotatable bonds is 5. The highest BCUT2D eigenvalue weighted by atomic mass is 28.4. The molecule has 0 fully saturated rings. The van der Waals surface area contributed by atoms with Crippen molar-refractivity contribution in [1.29, 1.82) is 0 Å². The van der Waals surface area contributed by atoms with E-state index in [9.17, 15) is 0 Å². The lowest BCUT2D eigenvalue weighted by Gasteiger charge is -2.20. The normalized spacial score (nSPS) is 12.3. The van der Waals surface area contributed by atoms with E-state index < -0.39 is 8.32 Å².